The number of anilines is 1. The average Bonchev–Trinajstić information content (AvgIpc) is 2.31. The van der Waals surface area contributed by atoms with Gasteiger partial charge in [-0.1, -0.05) is 6.07 Å². The lowest BCUT2D eigenvalue weighted by Crippen LogP contribution is -2.36. The lowest BCUT2D eigenvalue weighted by Gasteiger charge is -2.12. The van der Waals surface area contributed by atoms with E-state index in [2.05, 4.69) is 5.32 Å². The number of thioether (sulfide) groups is 1. The van der Waals surface area contributed by atoms with E-state index in [9.17, 15) is 13.6 Å². The highest BCUT2D eigenvalue weighted by molar-refractivity contribution is 7.98. The van der Waals surface area contributed by atoms with Crippen molar-refractivity contribution in [3.8, 4) is 0 Å². The summed E-state index contributed by atoms with van der Waals surface area (Å²) in [5, 5.41) is 2.27. The van der Waals surface area contributed by atoms with Crippen molar-refractivity contribution in [3.05, 3.63) is 29.8 Å². The van der Waals surface area contributed by atoms with E-state index < -0.39 is 23.6 Å². The predicted octanol–water partition coefficient (Wildman–Crippen LogP) is 1.98. The Kier molecular flexibility index (Phi) is 5.37. The molecule has 3 N–H and O–H groups in total. The molecule has 0 bridgehead atoms. The molecule has 94 valence electrons. The van der Waals surface area contributed by atoms with Gasteiger partial charge in [0.25, 0.3) is 0 Å². The lowest BCUT2D eigenvalue weighted by molar-refractivity contribution is -0.117. The Labute approximate surface area is 103 Å². The number of hydrogen-bond acceptors (Lipinski definition) is 3. The summed E-state index contributed by atoms with van der Waals surface area (Å²) in [5.74, 6) is -1.85. The van der Waals surface area contributed by atoms with Gasteiger partial charge in [0.2, 0.25) is 5.91 Å². The fraction of sp³-hybridized carbons (Fsp3) is 0.364. The normalized spacial score (nSPS) is 12.2. The molecular formula is C11H14F2N2OS. The molecule has 0 radical (unpaired) electrons. The van der Waals surface area contributed by atoms with Crippen molar-refractivity contribution >= 4 is 23.4 Å². The molecule has 0 heterocycles. The van der Waals surface area contributed by atoms with E-state index in [1.807, 2.05) is 6.26 Å². The van der Waals surface area contributed by atoms with E-state index in [1.54, 1.807) is 11.8 Å². The third-order valence-corrected chi connectivity index (χ3v) is 2.82. The minimum Gasteiger partial charge on any atom is -0.322 e. The minimum atomic E-state index is -1.07. The topological polar surface area (TPSA) is 55.1 Å². The van der Waals surface area contributed by atoms with Gasteiger partial charge in [-0.25, -0.2) is 8.78 Å². The highest BCUT2D eigenvalue weighted by atomic mass is 32.2. The van der Waals surface area contributed by atoms with Crippen LogP contribution in [-0.2, 0) is 4.79 Å². The summed E-state index contributed by atoms with van der Waals surface area (Å²) >= 11 is 1.57. The van der Waals surface area contributed by atoms with Crippen LogP contribution in [0.1, 0.15) is 6.42 Å². The number of halogens is 2. The van der Waals surface area contributed by atoms with Gasteiger partial charge in [0, 0.05) is 0 Å². The van der Waals surface area contributed by atoms with Crippen LogP contribution in [0.4, 0.5) is 14.5 Å². The largest absolute Gasteiger partial charge is 0.322 e. The second-order valence-electron chi connectivity index (χ2n) is 3.48. The third-order valence-electron chi connectivity index (χ3n) is 2.18. The number of rotatable bonds is 5. The molecule has 0 spiro atoms. The predicted molar refractivity (Wildman–Crippen MR) is 66.0 cm³/mol. The molecule has 1 rings (SSSR count). The van der Waals surface area contributed by atoms with Gasteiger partial charge in [-0.15, -0.1) is 0 Å². The monoisotopic (exact) mass is 260 g/mol. The van der Waals surface area contributed by atoms with Crippen LogP contribution in [0.15, 0.2) is 18.2 Å². The molecule has 3 nitrogen and oxygen atoms in total. The first-order chi connectivity index (χ1) is 8.06. The number of benzene rings is 1. The number of amides is 1. The Morgan fingerprint density at radius 3 is 2.88 bits per heavy atom. The van der Waals surface area contributed by atoms with Gasteiger partial charge in [0.15, 0.2) is 11.6 Å². The number of nitrogens with two attached hydrogens (primary N) is 1. The average molecular weight is 260 g/mol. The summed E-state index contributed by atoms with van der Waals surface area (Å²) in [6.07, 6.45) is 2.39. The van der Waals surface area contributed by atoms with Crippen LogP contribution in [0, 0.1) is 11.6 Å². The first kappa shape index (κ1) is 13.9. The summed E-state index contributed by atoms with van der Waals surface area (Å²) in [6.45, 7) is 0. The maximum absolute atomic E-state index is 13.2. The number of carbonyl (C=O) groups excluding carboxylic acids is 1. The zero-order valence-electron chi connectivity index (χ0n) is 9.37. The Hall–Kier alpha value is -1.14. The van der Waals surface area contributed by atoms with E-state index in [0.29, 0.717) is 6.42 Å². The Morgan fingerprint density at radius 2 is 2.24 bits per heavy atom. The lowest BCUT2D eigenvalue weighted by atomic mass is 10.2. The van der Waals surface area contributed by atoms with Crippen LogP contribution in [0.2, 0.25) is 0 Å². The zero-order valence-corrected chi connectivity index (χ0v) is 10.2. The Balaban J connectivity index is 2.64. The molecule has 6 heteroatoms. The molecule has 17 heavy (non-hydrogen) atoms. The van der Waals surface area contributed by atoms with E-state index >= 15 is 0 Å². The van der Waals surface area contributed by atoms with Crippen molar-refractivity contribution in [2.45, 2.75) is 12.5 Å². The molecule has 1 aromatic rings. The molecule has 0 aliphatic heterocycles. The van der Waals surface area contributed by atoms with Crippen molar-refractivity contribution in [1.29, 1.82) is 0 Å². The summed E-state index contributed by atoms with van der Waals surface area (Å²) in [5.41, 5.74) is 5.41. The summed E-state index contributed by atoms with van der Waals surface area (Å²) in [6, 6.07) is 2.88. The first-order valence-electron chi connectivity index (χ1n) is 5.05. The van der Waals surface area contributed by atoms with Crippen LogP contribution in [0.3, 0.4) is 0 Å². The van der Waals surface area contributed by atoms with Gasteiger partial charge in [-0.2, -0.15) is 11.8 Å². The van der Waals surface area contributed by atoms with Gasteiger partial charge in [0.1, 0.15) is 0 Å². The van der Waals surface area contributed by atoms with Gasteiger partial charge < -0.3 is 11.1 Å². The SMILES string of the molecule is CSCC[C@H](N)C(=O)Nc1cccc(F)c1F. The molecule has 1 aromatic carbocycles. The van der Waals surface area contributed by atoms with E-state index in [-0.39, 0.29) is 5.69 Å². The third kappa shape index (κ3) is 3.98. The molecule has 1 amide bonds. The maximum Gasteiger partial charge on any atom is 0.241 e. The highest BCUT2D eigenvalue weighted by Gasteiger charge is 2.16. The molecule has 0 aliphatic rings. The van der Waals surface area contributed by atoms with Crippen molar-refractivity contribution in [2.75, 3.05) is 17.3 Å². The van der Waals surface area contributed by atoms with Crippen LogP contribution < -0.4 is 11.1 Å². The van der Waals surface area contributed by atoms with Gasteiger partial charge >= 0.3 is 0 Å². The van der Waals surface area contributed by atoms with Crippen LogP contribution in [-0.4, -0.2) is 24.0 Å². The number of carbonyl (C=O) groups is 1. The van der Waals surface area contributed by atoms with Gasteiger partial charge in [0.05, 0.1) is 11.7 Å². The molecular weight excluding hydrogens is 246 g/mol. The van der Waals surface area contributed by atoms with Crippen molar-refractivity contribution < 1.29 is 13.6 Å². The number of hydrogen-bond donors (Lipinski definition) is 2. The molecule has 0 fully saturated rings. The van der Waals surface area contributed by atoms with Crippen LogP contribution in [0.5, 0.6) is 0 Å². The number of nitrogens with one attached hydrogen (secondary N) is 1. The Bertz CT molecular complexity index is 401. The maximum atomic E-state index is 13.2. The molecule has 0 saturated heterocycles. The van der Waals surface area contributed by atoms with Crippen molar-refractivity contribution in [3.63, 3.8) is 0 Å². The van der Waals surface area contributed by atoms with E-state index in [1.165, 1.54) is 12.1 Å². The van der Waals surface area contributed by atoms with Crippen molar-refractivity contribution in [1.82, 2.24) is 0 Å². The van der Waals surface area contributed by atoms with Gasteiger partial charge in [-0.05, 0) is 30.6 Å². The van der Waals surface area contributed by atoms with Crippen LogP contribution >= 0.6 is 11.8 Å². The first-order valence-corrected chi connectivity index (χ1v) is 6.45. The summed E-state index contributed by atoms with van der Waals surface area (Å²) in [4.78, 5) is 11.5. The molecule has 0 unspecified atom stereocenters. The fourth-order valence-corrected chi connectivity index (χ4v) is 1.69. The molecule has 0 aliphatic carbocycles. The quantitative estimate of drug-likeness (QED) is 0.851. The Morgan fingerprint density at radius 1 is 1.53 bits per heavy atom. The summed E-state index contributed by atoms with van der Waals surface area (Å²) < 4.78 is 26.1. The standard InChI is InChI=1S/C11H14F2N2OS/c1-17-6-5-8(14)11(16)15-9-4-2-3-7(12)10(9)13/h2-4,8H,5-6,14H2,1H3,(H,15,16)/t8-/m0/s1. The molecule has 0 aromatic heterocycles. The molecule has 0 saturated carbocycles. The van der Waals surface area contributed by atoms with Crippen LogP contribution in [0.25, 0.3) is 0 Å². The van der Waals surface area contributed by atoms with Crippen molar-refractivity contribution in [2.24, 2.45) is 5.73 Å². The van der Waals surface area contributed by atoms with Gasteiger partial charge in [-0.3, -0.25) is 4.79 Å². The zero-order chi connectivity index (χ0) is 12.8. The summed E-state index contributed by atoms with van der Waals surface area (Å²) in [7, 11) is 0. The molecule has 1 atom stereocenters. The highest BCUT2D eigenvalue weighted by Crippen LogP contribution is 2.16. The second-order valence-corrected chi connectivity index (χ2v) is 4.46. The minimum absolute atomic E-state index is 0.186. The van der Waals surface area contributed by atoms with E-state index in [0.717, 1.165) is 11.8 Å². The second kappa shape index (κ2) is 6.56. The van der Waals surface area contributed by atoms with E-state index in [4.69, 9.17) is 5.73 Å². The fourth-order valence-electron chi connectivity index (χ4n) is 1.20. The smallest absolute Gasteiger partial charge is 0.241 e.